The number of hydrogen-bond acceptors (Lipinski definition) is 7. The lowest BCUT2D eigenvalue weighted by Crippen LogP contribution is -2.22. The zero-order valence-corrected chi connectivity index (χ0v) is 16.0. The minimum atomic E-state index is -4.88. The average Bonchev–Trinajstić information content (AvgIpc) is 3.16. The van der Waals surface area contributed by atoms with Crippen molar-refractivity contribution in [1.29, 1.82) is 0 Å². The van der Waals surface area contributed by atoms with Crippen molar-refractivity contribution >= 4 is 22.5 Å². The molecule has 0 spiro atoms. The fraction of sp³-hybridized carbons (Fsp3) is 0.100. The van der Waals surface area contributed by atoms with E-state index >= 15 is 0 Å². The van der Waals surface area contributed by atoms with Gasteiger partial charge in [0.05, 0.1) is 23.8 Å². The molecule has 3 N–H and O–H groups in total. The summed E-state index contributed by atoms with van der Waals surface area (Å²) in [5.74, 6) is 0.838. The van der Waals surface area contributed by atoms with Crippen LogP contribution >= 0.6 is 0 Å². The van der Waals surface area contributed by atoms with Gasteiger partial charge < -0.3 is 4.74 Å². The molecule has 158 valence electrons. The maximum absolute atomic E-state index is 13.6. The maximum atomic E-state index is 13.6. The number of aromatic amines is 1. The van der Waals surface area contributed by atoms with Gasteiger partial charge in [-0.1, -0.05) is 12.1 Å². The van der Waals surface area contributed by atoms with Crippen LogP contribution in [0.25, 0.3) is 22.3 Å². The van der Waals surface area contributed by atoms with E-state index < -0.39 is 23.1 Å². The van der Waals surface area contributed by atoms with Gasteiger partial charge in [0.25, 0.3) is 5.56 Å². The second-order valence-electron chi connectivity index (χ2n) is 6.38. The third kappa shape index (κ3) is 4.25. The van der Waals surface area contributed by atoms with Crippen LogP contribution in [0.3, 0.4) is 0 Å². The molecule has 0 radical (unpaired) electrons. The lowest BCUT2D eigenvalue weighted by molar-refractivity contribution is -0.140. The Hall–Kier alpha value is -4.15. The van der Waals surface area contributed by atoms with Crippen molar-refractivity contribution in [2.24, 2.45) is 0 Å². The molecule has 0 saturated carbocycles. The number of H-pyrrole nitrogens is 1. The number of methoxy groups -OCH3 is 1. The number of fused-ring (bicyclic) bond motifs is 1. The van der Waals surface area contributed by atoms with E-state index in [1.54, 1.807) is 43.5 Å². The third-order valence-corrected chi connectivity index (χ3v) is 4.35. The molecule has 0 saturated heterocycles. The molecule has 0 aliphatic rings. The zero-order chi connectivity index (χ0) is 22.0. The Kier molecular flexibility index (Phi) is 5.15. The number of anilines is 2. The Morgan fingerprint density at radius 1 is 0.968 bits per heavy atom. The van der Waals surface area contributed by atoms with Crippen molar-refractivity contribution in [3.63, 3.8) is 0 Å². The number of nitrogens with one attached hydrogen (secondary N) is 3. The highest BCUT2D eigenvalue weighted by Crippen LogP contribution is 2.32. The van der Waals surface area contributed by atoms with Gasteiger partial charge in [-0.2, -0.15) is 18.3 Å². The van der Waals surface area contributed by atoms with E-state index in [1.807, 2.05) is 0 Å². The first-order chi connectivity index (χ1) is 14.8. The summed E-state index contributed by atoms with van der Waals surface area (Å²) >= 11 is 0. The summed E-state index contributed by atoms with van der Waals surface area (Å²) in [6.45, 7) is 0. The Labute approximate surface area is 173 Å². The molecule has 0 aliphatic heterocycles. The second kappa shape index (κ2) is 7.94. The van der Waals surface area contributed by atoms with Gasteiger partial charge in [0.2, 0.25) is 0 Å². The molecule has 0 aliphatic carbocycles. The first kappa shape index (κ1) is 20.1. The molecule has 11 heteroatoms. The molecule has 31 heavy (non-hydrogen) atoms. The van der Waals surface area contributed by atoms with E-state index in [1.165, 1.54) is 18.2 Å². The van der Waals surface area contributed by atoms with Crippen LogP contribution in [-0.4, -0.2) is 27.3 Å². The molecular weight excluding hydrogens is 413 g/mol. The number of hydrazine groups is 1. The van der Waals surface area contributed by atoms with Crippen molar-refractivity contribution in [3.8, 4) is 17.0 Å². The molecular formula is C20H15F3N6O2. The molecule has 2 aromatic carbocycles. The Morgan fingerprint density at radius 3 is 2.29 bits per heavy atom. The van der Waals surface area contributed by atoms with Crippen LogP contribution in [0.2, 0.25) is 0 Å². The van der Waals surface area contributed by atoms with Gasteiger partial charge in [-0.3, -0.25) is 20.7 Å². The first-order valence-corrected chi connectivity index (χ1v) is 8.95. The summed E-state index contributed by atoms with van der Waals surface area (Å²) in [6.07, 6.45) is -4.88. The molecule has 8 nitrogen and oxygen atoms in total. The van der Waals surface area contributed by atoms with E-state index in [-0.39, 0.29) is 16.9 Å². The minimum Gasteiger partial charge on any atom is -0.497 e. The minimum absolute atomic E-state index is 0.0487. The Bertz CT molecular complexity index is 1290. The van der Waals surface area contributed by atoms with E-state index in [9.17, 15) is 18.0 Å². The monoisotopic (exact) mass is 428 g/mol. The molecule has 0 atom stereocenters. The number of halogens is 3. The van der Waals surface area contributed by atoms with Crippen LogP contribution in [0.5, 0.6) is 5.75 Å². The number of nitrogens with zero attached hydrogens (tertiary/aromatic N) is 3. The van der Waals surface area contributed by atoms with Crippen LogP contribution in [0.4, 0.5) is 24.7 Å². The molecule has 0 bridgehead atoms. The summed E-state index contributed by atoms with van der Waals surface area (Å²) in [7, 11) is 1.55. The topological polar surface area (TPSA) is 105 Å². The smallest absolute Gasteiger partial charge is 0.435 e. The highest BCUT2D eigenvalue weighted by molar-refractivity contribution is 5.74. The number of para-hydroxylation sites is 2. The van der Waals surface area contributed by atoms with Gasteiger partial charge in [-0.05, 0) is 42.0 Å². The van der Waals surface area contributed by atoms with Crippen molar-refractivity contribution in [2.75, 3.05) is 18.0 Å². The predicted molar refractivity (Wildman–Crippen MR) is 109 cm³/mol. The van der Waals surface area contributed by atoms with E-state index in [0.717, 1.165) is 5.56 Å². The predicted octanol–water partition coefficient (Wildman–Crippen LogP) is 3.85. The van der Waals surface area contributed by atoms with E-state index in [4.69, 9.17) is 4.74 Å². The molecule has 0 unspecified atom stereocenters. The Morgan fingerprint density at radius 2 is 1.65 bits per heavy atom. The quantitative estimate of drug-likeness (QED) is 0.415. The zero-order valence-electron chi connectivity index (χ0n) is 16.0. The highest BCUT2D eigenvalue weighted by atomic mass is 19.4. The summed E-state index contributed by atoms with van der Waals surface area (Å²) in [4.78, 5) is 19.8. The lowest BCUT2D eigenvalue weighted by atomic mass is 10.1. The summed E-state index contributed by atoms with van der Waals surface area (Å²) < 4.78 is 45.9. The van der Waals surface area contributed by atoms with Gasteiger partial charge in [-0.15, -0.1) is 0 Å². The number of hydrogen-bond donors (Lipinski definition) is 3. The standard InChI is InChI=1S/C20H15F3N6O2/c1-31-12-8-6-11(7-9-12)15-10-16(27-26-15)28-29-17-18(20(21,22)23)24-13-4-2-3-5-14(13)25-19(17)30/h2-10H,1H3,(H,25,29,30)(H2,26,27,28). The van der Waals surface area contributed by atoms with Gasteiger partial charge in [0, 0.05) is 6.07 Å². The average molecular weight is 428 g/mol. The molecule has 2 heterocycles. The van der Waals surface area contributed by atoms with Gasteiger partial charge in [-0.25, -0.2) is 9.97 Å². The first-order valence-electron chi connectivity index (χ1n) is 8.95. The lowest BCUT2D eigenvalue weighted by Gasteiger charge is -2.10. The second-order valence-corrected chi connectivity index (χ2v) is 6.38. The van der Waals surface area contributed by atoms with Gasteiger partial charge in [0.15, 0.2) is 17.2 Å². The van der Waals surface area contributed by atoms with Crippen LogP contribution in [0.15, 0.2) is 59.4 Å². The fourth-order valence-corrected chi connectivity index (χ4v) is 2.84. The Balaban J connectivity index is 1.65. The highest BCUT2D eigenvalue weighted by Gasteiger charge is 2.37. The molecule has 2 aromatic heterocycles. The number of benzene rings is 2. The fourth-order valence-electron chi connectivity index (χ4n) is 2.84. The van der Waals surface area contributed by atoms with Crippen LogP contribution in [0.1, 0.15) is 5.69 Å². The third-order valence-electron chi connectivity index (χ3n) is 4.35. The van der Waals surface area contributed by atoms with Crippen LogP contribution in [-0.2, 0) is 6.18 Å². The van der Waals surface area contributed by atoms with E-state index in [0.29, 0.717) is 11.4 Å². The van der Waals surface area contributed by atoms with Crippen molar-refractivity contribution in [1.82, 2.24) is 20.2 Å². The molecule has 0 fully saturated rings. The number of rotatable bonds is 5. The van der Waals surface area contributed by atoms with E-state index in [2.05, 4.69) is 31.0 Å². The normalized spacial score (nSPS) is 11.4. The SMILES string of the molecule is COc1ccc(-c2cc(NNc3c(C(F)(F)F)nc4ccccc4nc3=O)n[nH]2)cc1. The van der Waals surface area contributed by atoms with Gasteiger partial charge in [0.1, 0.15) is 5.75 Å². The van der Waals surface area contributed by atoms with Crippen LogP contribution in [0, 0.1) is 0 Å². The van der Waals surface area contributed by atoms with Gasteiger partial charge >= 0.3 is 6.18 Å². The summed E-state index contributed by atoms with van der Waals surface area (Å²) in [5, 5.41) is 6.75. The maximum Gasteiger partial charge on any atom is 0.435 e. The van der Waals surface area contributed by atoms with Crippen molar-refractivity contribution in [3.05, 3.63) is 70.6 Å². The number of ether oxygens (including phenoxy) is 1. The molecule has 0 amide bonds. The largest absolute Gasteiger partial charge is 0.497 e. The number of alkyl halides is 3. The summed E-state index contributed by atoms with van der Waals surface area (Å²) in [5.41, 5.74) is 2.82. The molecule has 4 rings (SSSR count). The van der Waals surface area contributed by atoms with Crippen molar-refractivity contribution < 1.29 is 17.9 Å². The van der Waals surface area contributed by atoms with Crippen molar-refractivity contribution in [2.45, 2.75) is 6.18 Å². The van der Waals surface area contributed by atoms with Crippen LogP contribution < -0.4 is 21.1 Å². The number of aromatic nitrogens is 4. The summed E-state index contributed by atoms with van der Waals surface area (Å²) in [6, 6.07) is 14.5. The molecule has 4 aromatic rings.